The molecule has 0 radical (unpaired) electrons. The molecule has 1 fully saturated rings. The summed E-state index contributed by atoms with van der Waals surface area (Å²) in [5, 5.41) is 12.3. The Morgan fingerprint density at radius 1 is 1.33 bits per heavy atom. The number of carboxylic acids is 1. The molecule has 0 saturated heterocycles. The zero-order chi connectivity index (χ0) is 15.6. The van der Waals surface area contributed by atoms with Gasteiger partial charge in [0.1, 0.15) is 11.2 Å². The molecule has 2 N–H and O–H groups in total. The minimum atomic E-state index is -1.12. The van der Waals surface area contributed by atoms with Gasteiger partial charge in [-0.1, -0.05) is 19.3 Å². The van der Waals surface area contributed by atoms with Crippen molar-refractivity contribution in [3.63, 3.8) is 0 Å². The van der Waals surface area contributed by atoms with Crippen LogP contribution >= 0.6 is 15.9 Å². The molecule has 6 heteroatoms. The molecule has 0 atom stereocenters. The standard InChI is InChI=1S/C15H21BrN2O3/c1-10(2)18-9-11(16)8-12(18)13(19)17-15(14(20)21)6-4-3-5-7-15/h8-10H,3-7H2,1-2H3,(H,17,19)(H,20,21). The van der Waals surface area contributed by atoms with E-state index in [0.717, 1.165) is 23.7 Å². The lowest BCUT2D eigenvalue weighted by atomic mass is 9.81. The maximum atomic E-state index is 12.5. The maximum absolute atomic E-state index is 12.5. The first-order valence-electron chi connectivity index (χ1n) is 7.29. The van der Waals surface area contributed by atoms with E-state index in [1.807, 2.05) is 24.6 Å². The van der Waals surface area contributed by atoms with Crippen LogP contribution in [0.4, 0.5) is 0 Å². The van der Waals surface area contributed by atoms with E-state index in [9.17, 15) is 14.7 Å². The van der Waals surface area contributed by atoms with E-state index in [1.165, 1.54) is 0 Å². The zero-order valence-corrected chi connectivity index (χ0v) is 13.9. The van der Waals surface area contributed by atoms with E-state index < -0.39 is 11.5 Å². The lowest BCUT2D eigenvalue weighted by molar-refractivity contribution is -0.145. The number of amides is 1. The number of hydrogen-bond acceptors (Lipinski definition) is 2. The molecule has 1 aromatic rings. The number of aliphatic carboxylic acids is 1. The van der Waals surface area contributed by atoms with Gasteiger partial charge in [-0.15, -0.1) is 0 Å². The fraction of sp³-hybridized carbons (Fsp3) is 0.600. The van der Waals surface area contributed by atoms with Crippen molar-refractivity contribution in [2.75, 3.05) is 0 Å². The first-order chi connectivity index (χ1) is 9.85. The maximum Gasteiger partial charge on any atom is 0.329 e. The third-order valence-corrected chi connectivity index (χ3v) is 4.51. The Kier molecular flexibility index (Phi) is 4.76. The number of carbonyl (C=O) groups excluding carboxylic acids is 1. The Morgan fingerprint density at radius 2 is 1.95 bits per heavy atom. The average molecular weight is 357 g/mol. The van der Waals surface area contributed by atoms with Crippen molar-refractivity contribution in [3.05, 3.63) is 22.4 Å². The number of carboxylic acid groups (broad SMARTS) is 1. The molecule has 0 aliphatic heterocycles. The third kappa shape index (κ3) is 3.31. The highest BCUT2D eigenvalue weighted by atomic mass is 79.9. The number of nitrogens with one attached hydrogen (secondary N) is 1. The largest absolute Gasteiger partial charge is 0.480 e. The van der Waals surface area contributed by atoms with Crippen molar-refractivity contribution < 1.29 is 14.7 Å². The Hall–Kier alpha value is -1.30. The summed E-state index contributed by atoms with van der Waals surface area (Å²) in [6.45, 7) is 3.97. The predicted octanol–water partition coefficient (Wildman–Crippen LogP) is 3.35. The molecule has 5 nitrogen and oxygen atoms in total. The molecule has 21 heavy (non-hydrogen) atoms. The monoisotopic (exact) mass is 356 g/mol. The Balaban J connectivity index is 2.25. The smallest absolute Gasteiger partial charge is 0.329 e. The summed E-state index contributed by atoms with van der Waals surface area (Å²) in [5.74, 6) is -1.25. The first-order valence-corrected chi connectivity index (χ1v) is 8.08. The molecule has 1 amide bonds. The van der Waals surface area contributed by atoms with Gasteiger partial charge in [0.2, 0.25) is 0 Å². The fourth-order valence-electron chi connectivity index (χ4n) is 2.88. The number of halogens is 1. The van der Waals surface area contributed by atoms with Gasteiger partial charge in [0.05, 0.1) is 0 Å². The molecule has 1 saturated carbocycles. The second-order valence-corrected chi connectivity index (χ2v) is 6.86. The molecule has 0 unspecified atom stereocenters. The topological polar surface area (TPSA) is 71.3 Å². The molecule has 1 heterocycles. The van der Waals surface area contributed by atoms with Crippen LogP contribution < -0.4 is 5.32 Å². The second kappa shape index (κ2) is 6.22. The number of nitrogens with zero attached hydrogens (tertiary/aromatic N) is 1. The van der Waals surface area contributed by atoms with E-state index in [-0.39, 0.29) is 11.9 Å². The van der Waals surface area contributed by atoms with Crippen LogP contribution in [0.1, 0.15) is 62.5 Å². The fourth-order valence-corrected chi connectivity index (χ4v) is 3.32. The van der Waals surface area contributed by atoms with E-state index >= 15 is 0 Å². The minimum Gasteiger partial charge on any atom is -0.480 e. The van der Waals surface area contributed by atoms with Gasteiger partial charge in [0, 0.05) is 16.7 Å². The molecule has 2 rings (SSSR count). The van der Waals surface area contributed by atoms with Crippen LogP contribution in [0, 0.1) is 0 Å². The molecule has 0 bridgehead atoms. The summed E-state index contributed by atoms with van der Waals surface area (Å²) in [6, 6.07) is 1.86. The van der Waals surface area contributed by atoms with Crippen molar-refractivity contribution in [2.45, 2.75) is 57.5 Å². The quantitative estimate of drug-likeness (QED) is 0.868. The van der Waals surface area contributed by atoms with Crippen molar-refractivity contribution in [2.24, 2.45) is 0 Å². The first kappa shape index (κ1) is 16.1. The lowest BCUT2D eigenvalue weighted by Crippen LogP contribution is -2.55. The average Bonchev–Trinajstić information content (AvgIpc) is 2.82. The molecular weight excluding hydrogens is 336 g/mol. The van der Waals surface area contributed by atoms with Crippen LogP contribution in [-0.4, -0.2) is 27.1 Å². The van der Waals surface area contributed by atoms with E-state index in [0.29, 0.717) is 18.5 Å². The van der Waals surface area contributed by atoms with Crippen molar-refractivity contribution >= 4 is 27.8 Å². The highest BCUT2D eigenvalue weighted by molar-refractivity contribution is 9.10. The van der Waals surface area contributed by atoms with Gasteiger partial charge in [-0.25, -0.2) is 4.79 Å². The van der Waals surface area contributed by atoms with Crippen LogP contribution in [0.3, 0.4) is 0 Å². The van der Waals surface area contributed by atoms with Crippen LogP contribution in [0.2, 0.25) is 0 Å². The van der Waals surface area contributed by atoms with Gasteiger partial charge in [-0.2, -0.15) is 0 Å². The zero-order valence-electron chi connectivity index (χ0n) is 12.4. The highest BCUT2D eigenvalue weighted by Crippen LogP contribution is 2.29. The van der Waals surface area contributed by atoms with Crippen LogP contribution in [0.15, 0.2) is 16.7 Å². The molecule has 0 spiro atoms. The van der Waals surface area contributed by atoms with Crippen LogP contribution in [-0.2, 0) is 4.79 Å². The molecule has 116 valence electrons. The lowest BCUT2D eigenvalue weighted by Gasteiger charge is -2.34. The van der Waals surface area contributed by atoms with E-state index in [4.69, 9.17) is 0 Å². The molecule has 1 aromatic heterocycles. The highest BCUT2D eigenvalue weighted by Gasteiger charge is 2.41. The van der Waals surface area contributed by atoms with Gasteiger partial charge in [-0.3, -0.25) is 4.79 Å². The second-order valence-electron chi connectivity index (χ2n) is 5.95. The Bertz CT molecular complexity index is 545. The van der Waals surface area contributed by atoms with Gasteiger partial charge < -0.3 is 15.0 Å². The summed E-state index contributed by atoms with van der Waals surface area (Å²) in [4.78, 5) is 24.2. The van der Waals surface area contributed by atoms with Gasteiger partial charge in [-0.05, 0) is 48.7 Å². The van der Waals surface area contributed by atoms with Gasteiger partial charge >= 0.3 is 5.97 Å². The Labute approximate surface area is 132 Å². The van der Waals surface area contributed by atoms with Gasteiger partial charge in [0.15, 0.2) is 0 Å². The molecule has 0 aromatic carbocycles. The molecular formula is C15H21BrN2O3. The summed E-state index contributed by atoms with van der Waals surface area (Å²) < 4.78 is 2.66. The van der Waals surface area contributed by atoms with Gasteiger partial charge in [0.25, 0.3) is 5.91 Å². The molecule has 1 aliphatic carbocycles. The SMILES string of the molecule is CC(C)n1cc(Br)cc1C(=O)NC1(C(=O)O)CCCCC1. The number of rotatable bonds is 4. The van der Waals surface area contributed by atoms with Crippen LogP contribution in [0.25, 0.3) is 0 Å². The third-order valence-electron chi connectivity index (χ3n) is 4.07. The number of aromatic nitrogens is 1. The van der Waals surface area contributed by atoms with Crippen LogP contribution in [0.5, 0.6) is 0 Å². The Morgan fingerprint density at radius 3 is 2.48 bits per heavy atom. The summed E-state index contributed by atoms with van der Waals surface area (Å²) in [6.07, 6.45) is 5.53. The van der Waals surface area contributed by atoms with Crippen molar-refractivity contribution in [3.8, 4) is 0 Å². The number of carbonyl (C=O) groups is 2. The van der Waals surface area contributed by atoms with Crippen molar-refractivity contribution in [1.29, 1.82) is 0 Å². The number of hydrogen-bond donors (Lipinski definition) is 2. The summed E-state index contributed by atoms with van der Waals surface area (Å²) in [7, 11) is 0. The summed E-state index contributed by atoms with van der Waals surface area (Å²) >= 11 is 3.37. The van der Waals surface area contributed by atoms with E-state index in [1.54, 1.807) is 6.07 Å². The summed E-state index contributed by atoms with van der Waals surface area (Å²) in [5.41, 5.74) is -0.628. The normalized spacial score (nSPS) is 17.7. The van der Waals surface area contributed by atoms with E-state index in [2.05, 4.69) is 21.2 Å². The molecule has 1 aliphatic rings. The predicted molar refractivity (Wildman–Crippen MR) is 83.4 cm³/mol. The van der Waals surface area contributed by atoms with Crippen molar-refractivity contribution in [1.82, 2.24) is 9.88 Å². The minimum absolute atomic E-state index is 0.129.